The third kappa shape index (κ3) is 3.42. The minimum atomic E-state index is -1.94. The summed E-state index contributed by atoms with van der Waals surface area (Å²) < 4.78 is 45.9. The molecule has 2 heterocycles. The van der Waals surface area contributed by atoms with Crippen LogP contribution in [0.4, 0.5) is 13.2 Å². The zero-order chi connectivity index (χ0) is 20.8. The van der Waals surface area contributed by atoms with E-state index in [0.29, 0.717) is 16.1 Å². The molecule has 4 aromatic rings. The summed E-state index contributed by atoms with van der Waals surface area (Å²) in [5, 5.41) is 19.8. The van der Waals surface area contributed by atoms with Crippen LogP contribution in [0.2, 0.25) is 0 Å². The summed E-state index contributed by atoms with van der Waals surface area (Å²) in [5.74, 6) is -2.43. The van der Waals surface area contributed by atoms with Crippen molar-refractivity contribution < 1.29 is 18.3 Å². The van der Waals surface area contributed by atoms with Gasteiger partial charge in [-0.2, -0.15) is 9.49 Å². The molecule has 0 aliphatic heterocycles. The molecule has 0 bridgehead atoms. The number of hydrogen-bond acceptors (Lipinski definition) is 4. The number of nitrogens with zero attached hydrogens (tertiary/aromatic N) is 5. The third-order valence-corrected chi connectivity index (χ3v) is 5.44. The van der Waals surface area contributed by atoms with E-state index in [1.807, 2.05) is 0 Å². The zero-order valence-corrected chi connectivity index (χ0v) is 16.7. The highest BCUT2D eigenvalue weighted by molar-refractivity contribution is 9.10. The first kappa shape index (κ1) is 19.6. The number of hydrogen-bond donors (Lipinski definition) is 1. The van der Waals surface area contributed by atoms with Crippen LogP contribution < -0.4 is 0 Å². The Balaban J connectivity index is 1.89. The first-order valence-corrected chi connectivity index (χ1v) is 9.42. The topological polar surface area (TPSA) is 68.8 Å². The number of halogens is 4. The molecule has 2 aromatic heterocycles. The number of benzene rings is 2. The highest BCUT2D eigenvalue weighted by Crippen LogP contribution is 2.38. The molecule has 1 N–H and O–H groups in total. The molecule has 2 atom stereocenters. The third-order valence-electron chi connectivity index (χ3n) is 4.95. The molecule has 0 amide bonds. The van der Waals surface area contributed by atoms with E-state index in [-0.39, 0.29) is 17.5 Å². The Morgan fingerprint density at radius 1 is 1.17 bits per heavy atom. The Labute approximate surface area is 171 Å². The van der Waals surface area contributed by atoms with Crippen molar-refractivity contribution in [2.45, 2.75) is 25.1 Å². The summed E-state index contributed by atoms with van der Waals surface area (Å²) in [5.41, 5.74) is -1.69. The van der Waals surface area contributed by atoms with Crippen LogP contribution in [-0.4, -0.2) is 29.7 Å². The van der Waals surface area contributed by atoms with Gasteiger partial charge in [0.05, 0.1) is 23.5 Å². The Bertz CT molecular complexity index is 1180. The molecule has 10 heteroatoms. The Kier molecular flexibility index (Phi) is 4.91. The molecule has 150 valence electrons. The average molecular weight is 466 g/mol. The molecule has 0 fully saturated rings. The first-order valence-electron chi connectivity index (χ1n) is 8.63. The highest BCUT2D eigenvalue weighted by Gasteiger charge is 2.41. The fraction of sp³-hybridized carbons (Fsp3) is 0.211. The van der Waals surface area contributed by atoms with E-state index in [9.17, 15) is 18.3 Å². The zero-order valence-electron chi connectivity index (χ0n) is 15.1. The lowest BCUT2D eigenvalue weighted by Crippen LogP contribution is -2.41. The Hall–Kier alpha value is -2.72. The molecule has 6 nitrogen and oxygen atoms in total. The van der Waals surface area contributed by atoms with Gasteiger partial charge in [0.25, 0.3) is 0 Å². The maximum atomic E-state index is 14.7. The fourth-order valence-corrected chi connectivity index (χ4v) is 3.78. The van der Waals surface area contributed by atoms with Gasteiger partial charge in [0.1, 0.15) is 29.9 Å². The summed E-state index contributed by atoms with van der Waals surface area (Å²) in [7, 11) is 0. The second kappa shape index (κ2) is 7.27. The van der Waals surface area contributed by atoms with Crippen LogP contribution in [0.3, 0.4) is 0 Å². The molecule has 4 rings (SSSR count). The predicted octanol–water partition coefficient (Wildman–Crippen LogP) is 3.96. The minimum Gasteiger partial charge on any atom is -0.381 e. The molecule has 0 saturated carbocycles. The van der Waals surface area contributed by atoms with Gasteiger partial charge in [-0.25, -0.2) is 18.4 Å². The van der Waals surface area contributed by atoms with Crippen molar-refractivity contribution in [2.75, 3.05) is 0 Å². The molecule has 0 aliphatic rings. The Morgan fingerprint density at radius 2 is 1.97 bits per heavy atom. The van der Waals surface area contributed by atoms with Crippen LogP contribution in [0.25, 0.3) is 10.9 Å². The summed E-state index contributed by atoms with van der Waals surface area (Å²) >= 11 is 3.29. The van der Waals surface area contributed by atoms with Crippen molar-refractivity contribution in [2.24, 2.45) is 0 Å². The van der Waals surface area contributed by atoms with Crippen molar-refractivity contribution in [3.63, 3.8) is 0 Å². The number of rotatable bonds is 5. The van der Waals surface area contributed by atoms with E-state index in [4.69, 9.17) is 0 Å². The lowest BCUT2D eigenvalue weighted by Gasteiger charge is -2.35. The molecule has 0 radical (unpaired) electrons. The highest BCUT2D eigenvalue weighted by atomic mass is 79.9. The van der Waals surface area contributed by atoms with E-state index in [1.165, 1.54) is 22.0 Å². The summed E-state index contributed by atoms with van der Waals surface area (Å²) in [6.07, 6.45) is 2.63. The summed E-state index contributed by atoms with van der Waals surface area (Å²) in [6.45, 7) is 1.36. The number of aliphatic hydroxyl groups is 1. The molecule has 0 saturated heterocycles. The molecule has 0 aliphatic carbocycles. The van der Waals surface area contributed by atoms with Gasteiger partial charge in [0, 0.05) is 16.1 Å². The lowest BCUT2D eigenvalue weighted by atomic mass is 9.86. The van der Waals surface area contributed by atoms with E-state index < -0.39 is 29.2 Å². The Morgan fingerprint density at radius 3 is 2.66 bits per heavy atom. The monoisotopic (exact) mass is 465 g/mol. The van der Waals surface area contributed by atoms with Crippen molar-refractivity contribution in [1.29, 1.82) is 0 Å². The lowest BCUT2D eigenvalue weighted by molar-refractivity contribution is -0.0358. The van der Waals surface area contributed by atoms with Crippen LogP contribution in [0.1, 0.15) is 18.5 Å². The molecule has 0 spiro atoms. The summed E-state index contributed by atoms with van der Waals surface area (Å²) in [6, 6.07) is 6.88. The van der Waals surface area contributed by atoms with E-state index in [1.54, 1.807) is 25.1 Å². The molecule has 2 aromatic carbocycles. The van der Waals surface area contributed by atoms with Gasteiger partial charge in [0.15, 0.2) is 0 Å². The van der Waals surface area contributed by atoms with E-state index >= 15 is 0 Å². The van der Waals surface area contributed by atoms with Crippen LogP contribution >= 0.6 is 15.9 Å². The smallest absolute Gasteiger partial charge is 0.240 e. The molecule has 0 unspecified atom stereocenters. The first-order chi connectivity index (χ1) is 13.8. The van der Waals surface area contributed by atoms with Crippen LogP contribution in [0.15, 0.2) is 53.5 Å². The van der Waals surface area contributed by atoms with Gasteiger partial charge < -0.3 is 5.11 Å². The maximum absolute atomic E-state index is 14.7. The van der Waals surface area contributed by atoms with Crippen molar-refractivity contribution in [3.8, 4) is 0 Å². The van der Waals surface area contributed by atoms with Gasteiger partial charge in [-0.1, -0.05) is 22.0 Å². The van der Waals surface area contributed by atoms with Crippen molar-refractivity contribution in [3.05, 3.63) is 76.7 Å². The number of aromatic nitrogens is 5. The van der Waals surface area contributed by atoms with Crippen LogP contribution in [0.5, 0.6) is 0 Å². The van der Waals surface area contributed by atoms with Gasteiger partial charge >= 0.3 is 0 Å². The van der Waals surface area contributed by atoms with Crippen molar-refractivity contribution in [1.82, 2.24) is 24.5 Å². The van der Waals surface area contributed by atoms with Crippen molar-refractivity contribution >= 4 is 26.8 Å². The largest absolute Gasteiger partial charge is 0.381 e. The van der Waals surface area contributed by atoms with E-state index in [2.05, 4.69) is 31.1 Å². The fourth-order valence-electron chi connectivity index (χ4n) is 3.42. The number of fused-ring (bicyclic) bond motifs is 1. The van der Waals surface area contributed by atoms with Crippen LogP contribution in [0, 0.1) is 17.6 Å². The minimum absolute atomic E-state index is 0.164. The normalized spacial score (nSPS) is 14.8. The molecular weight excluding hydrogens is 451 g/mol. The van der Waals surface area contributed by atoms with Gasteiger partial charge in [-0.3, -0.25) is 4.68 Å². The second-order valence-corrected chi connectivity index (χ2v) is 7.63. The van der Waals surface area contributed by atoms with E-state index in [0.717, 1.165) is 12.1 Å². The van der Waals surface area contributed by atoms with Gasteiger partial charge in [-0.15, -0.1) is 5.10 Å². The predicted molar refractivity (Wildman–Crippen MR) is 102 cm³/mol. The SMILES string of the molecule is C[C@@H](n1nc(F)c2cc(Br)ccc21)[C@](O)(Cn1cncn1)c1ccc(F)cc1F. The second-order valence-electron chi connectivity index (χ2n) is 6.71. The summed E-state index contributed by atoms with van der Waals surface area (Å²) in [4.78, 5) is 3.83. The van der Waals surface area contributed by atoms with Gasteiger partial charge in [-0.05, 0) is 31.2 Å². The maximum Gasteiger partial charge on any atom is 0.240 e. The quantitative estimate of drug-likeness (QED) is 0.484. The molecular formula is C19H15BrF3N5O. The average Bonchev–Trinajstić information content (AvgIpc) is 3.29. The van der Waals surface area contributed by atoms with Gasteiger partial charge in [0.2, 0.25) is 5.95 Å². The standard InChI is InChI=1S/C19H15BrF3N5O/c1-11(28-17-5-2-12(20)6-14(17)18(23)26-28)19(29,8-27-10-24-9-25-27)15-4-3-13(21)7-16(15)22/h2-7,9-11,29H,8H2,1H3/t11-,19-/m1/s1. The molecule has 29 heavy (non-hydrogen) atoms. The van der Waals surface area contributed by atoms with Crippen LogP contribution in [-0.2, 0) is 12.1 Å².